The van der Waals surface area contributed by atoms with Gasteiger partial charge in [0.2, 0.25) is 0 Å². The third-order valence-electron chi connectivity index (χ3n) is 4.15. The van der Waals surface area contributed by atoms with Crippen molar-refractivity contribution < 1.29 is 0 Å². The quantitative estimate of drug-likeness (QED) is 0.759. The van der Waals surface area contributed by atoms with E-state index in [1.807, 2.05) is 0 Å². The van der Waals surface area contributed by atoms with Gasteiger partial charge in [0.15, 0.2) is 0 Å². The second-order valence-corrected chi connectivity index (χ2v) is 5.54. The van der Waals surface area contributed by atoms with Crippen molar-refractivity contribution in [1.29, 1.82) is 0 Å². The molecule has 0 amide bonds. The predicted octanol–water partition coefficient (Wildman–Crippen LogP) is 4.26. The number of rotatable bonds is 7. The second kappa shape index (κ2) is 7.58. The van der Waals surface area contributed by atoms with Gasteiger partial charge in [-0.05, 0) is 50.8 Å². The van der Waals surface area contributed by atoms with Crippen LogP contribution in [0.5, 0.6) is 0 Å². The Bertz CT molecular complexity index is 353. The van der Waals surface area contributed by atoms with Crippen LogP contribution in [0, 0.1) is 19.8 Å². The van der Waals surface area contributed by atoms with Gasteiger partial charge in [0, 0.05) is 6.04 Å². The van der Waals surface area contributed by atoms with Gasteiger partial charge in [0.1, 0.15) is 0 Å². The molecular formula is C17H29N. The lowest BCUT2D eigenvalue weighted by atomic mass is 9.90. The Balaban J connectivity index is 2.70. The molecule has 1 N–H and O–H groups in total. The summed E-state index contributed by atoms with van der Waals surface area (Å²) in [6, 6.07) is 7.39. The van der Waals surface area contributed by atoms with Crippen molar-refractivity contribution in [3.05, 3.63) is 34.9 Å². The SMILES string of the molecule is CCC(CC)CC(Cc1cc(C)ccc1C)NC. The number of hydrogen-bond donors (Lipinski definition) is 1. The number of nitrogens with one attached hydrogen (secondary N) is 1. The van der Waals surface area contributed by atoms with E-state index >= 15 is 0 Å². The Morgan fingerprint density at radius 3 is 2.33 bits per heavy atom. The minimum Gasteiger partial charge on any atom is -0.317 e. The van der Waals surface area contributed by atoms with Gasteiger partial charge >= 0.3 is 0 Å². The van der Waals surface area contributed by atoms with E-state index < -0.39 is 0 Å². The lowest BCUT2D eigenvalue weighted by molar-refractivity contribution is 0.377. The zero-order valence-corrected chi connectivity index (χ0v) is 12.7. The summed E-state index contributed by atoms with van der Waals surface area (Å²) in [6.45, 7) is 9.01. The van der Waals surface area contributed by atoms with E-state index in [1.54, 1.807) is 0 Å². The molecule has 0 aromatic heterocycles. The Hall–Kier alpha value is -0.820. The summed E-state index contributed by atoms with van der Waals surface area (Å²) < 4.78 is 0. The topological polar surface area (TPSA) is 12.0 Å². The summed E-state index contributed by atoms with van der Waals surface area (Å²) in [4.78, 5) is 0. The van der Waals surface area contributed by atoms with Crippen molar-refractivity contribution in [2.24, 2.45) is 5.92 Å². The first-order chi connectivity index (χ1) is 8.60. The Labute approximate surface area is 113 Å². The zero-order chi connectivity index (χ0) is 13.5. The first-order valence-electron chi connectivity index (χ1n) is 7.34. The van der Waals surface area contributed by atoms with Crippen LogP contribution in [0.3, 0.4) is 0 Å². The second-order valence-electron chi connectivity index (χ2n) is 5.54. The lowest BCUT2D eigenvalue weighted by Crippen LogP contribution is -2.30. The van der Waals surface area contributed by atoms with Gasteiger partial charge in [-0.1, -0.05) is 50.5 Å². The molecule has 0 saturated heterocycles. The molecule has 0 aliphatic rings. The van der Waals surface area contributed by atoms with Crippen LogP contribution in [0.15, 0.2) is 18.2 Å². The van der Waals surface area contributed by atoms with E-state index in [-0.39, 0.29) is 0 Å². The fourth-order valence-electron chi connectivity index (χ4n) is 2.61. The van der Waals surface area contributed by atoms with Crippen molar-refractivity contribution in [3.63, 3.8) is 0 Å². The highest BCUT2D eigenvalue weighted by Crippen LogP contribution is 2.19. The van der Waals surface area contributed by atoms with Crippen LogP contribution >= 0.6 is 0 Å². The Morgan fingerprint density at radius 1 is 1.11 bits per heavy atom. The van der Waals surface area contributed by atoms with Crippen LogP contribution < -0.4 is 5.32 Å². The molecule has 102 valence electrons. The summed E-state index contributed by atoms with van der Waals surface area (Å²) in [5.41, 5.74) is 4.29. The minimum atomic E-state index is 0.607. The van der Waals surface area contributed by atoms with Crippen LogP contribution in [-0.4, -0.2) is 13.1 Å². The first kappa shape index (κ1) is 15.2. The molecule has 1 aromatic carbocycles. The van der Waals surface area contributed by atoms with Crippen LogP contribution in [-0.2, 0) is 6.42 Å². The van der Waals surface area contributed by atoms with Gasteiger partial charge in [-0.2, -0.15) is 0 Å². The van der Waals surface area contributed by atoms with Gasteiger partial charge in [-0.25, -0.2) is 0 Å². The van der Waals surface area contributed by atoms with Gasteiger partial charge in [0.05, 0.1) is 0 Å². The number of aryl methyl sites for hydroxylation is 2. The summed E-state index contributed by atoms with van der Waals surface area (Å²) in [5.74, 6) is 0.854. The smallest absolute Gasteiger partial charge is 0.0107 e. The standard InChI is InChI=1S/C17H29N/c1-6-15(7-2)11-17(18-5)12-16-10-13(3)8-9-14(16)4/h8-10,15,17-18H,6-7,11-12H2,1-5H3. The molecule has 0 spiro atoms. The monoisotopic (exact) mass is 247 g/mol. The summed E-state index contributed by atoms with van der Waals surface area (Å²) >= 11 is 0. The average molecular weight is 247 g/mol. The van der Waals surface area contributed by atoms with Crippen LogP contribution in [0.4, 0.5) is 0 Å². The van der Waals surface area contributed by atoms with E-state index in [0.29, 0.717) is 6.04 Å². The van der Waals surface area contributed by atoms with Crippen LogP contribution in [0.25, 0.3) is 0 Å². The highest BCUT2D eigenvalue weighted by Gasteiger charge is 2.14. The summed E-state index contributed by atoms with van der Waals surface area (Å²) in [7, 11) is 2.10. The summed E-state index contributed by atoms with van der Waals surface area (Å²) in [6.07, 6.45) is 5.03. The van der Waals surface area contributed by atoms with Gasteiger partial charge in [-0.3, -0.25) is 0 Å². The first-order valence-corrected chi connectivity index (χ1v) is 7.34. The summed E-state index contributed by atoms with van der Waals surface area (Å²) in [5, 5.41) is 3.50. The highest BCUT2D eigenvalue weighted by molar-refractivity contribution is 5.31. The van der Waals surface area contributed by atoms with E-state index in [4.69, 9.17) is 0 Å². The maximum atomic E-state index is 3.50. The lowest BCUT2D eigenvalue weighted by Gasteiger charge is -2.22. The van der Waals surface area contributed by atoms with E-state index in [1.165, 1.54) is 36.0 Å². The number of likely N-dealkylation sites (N-methyl/N-ethyl adjacent to an activating group) is 1. The molecule has 0 aliphatic carbocycles. The van der Waals surface area contributed by atoms with Crippen molar-refractivity contribution in [3.8, 4) is 0 Å². The van der Waals surface area contributed by atoms with Crippen LogP contribution in [0.2, 0.25) is 0 Å². The zero-order valence-electron chi connectivity index (χ0n) is 12.7. The van der Waals surface area contributed by atoms with E-state index in [0.717, 1.165) is 12.3 Å². The normalized spacial score (nSPS) is 13.0. The van der Waals surface area contributed by atoms with Crippen molar-refractivity contribution >= 4 is 0 Å². The molecule has 0 saturated carbocycles. The molecule has 0 bridgehead atoms. The van der Waals surface area contributed by atoms with Crippen LogP contribution in [0.1, 0.15) is 49.8 Å². The third-order valence-corrected chi connectivity index (χ3v) is 4.15. The molecule has 18 heavy (non-hydrogen) atoms. The molecule has 1 atom stereocenters. The molecule has 0 radical (unpaired) electrons. The Kier molecular flexibility index (Phi) is 6.42. The largest absolute Gasteiger partial charge is 0.317 e. The molecule has 1 nitrogen and oxygen atoms in total. The van der Waals surface area contributed by atoms with Crippen molar-refractivity contribution in [2.75, 3.05) is 7.05 Å². The number of benzene rings is 1. The van der Waals surface area contributed by atoms with Crippen molar-refractivity contribution in [2.45, 2.75) is 59.4 Å². The Morgan fingerprint density at radius 2 is 1.78 bits per heavy atom. The minimum absolute atomic E-state index is 0.607. The fraction of sp³-hybridized carbons (Fsp3) is 0.647. The number of hydrogen-bond acceptors (Lipinski definition) is 1. The maximum Gasteiger partial charge on any atom is 0.0107 e. The third kappa shape index (κ3) is 4.45. The molecule has 1 unspecified atom stereocenters. The van der Waals surface area contributed by atoms with Gasteiger partial charge < -0.3 is 5.32 Å². The molecule has 0 heterocycles. The predicted molar refractivity (Wildman–Crippen MR) is 81.2 cm³/mol. The molecule has 1 heteroatoms. The van der Waals surface area contributed by atoms with E-state index in [2.05, 4.69) is 58.3 Å². The molecule has 1 aromatic rings. The molecule has 0 aliphatic heterocycles. The van der Waals surface area contributed by atoms with Gasteiger partial charge in [0.25, 0.3) is 0 Å². The molecular weight excluding hydrogens is 218 g/mol. The molecule has 1 rings (SSSR count). The van der Waals surface area contributed by atoms with Gasteiger partial charge in [-0.15, -0.1) is 0 Å². The van der Waals surface area contributed by atoms with E-state index in [9.17, 15) is 0 Å². The fourth-order valence-corrected chi connectivity index (χ4v) is 2.61. The van der Waals surface area contributed by atoms with Crippen molar-refractivity contribution in [1.82, 2.24) is 5.32 Å². The maximum absolute atomic E-state index is 3.50. The highest BCUT2D eigenvalue weighted by atomic mass is 14.9. The molecule has 0 fully saturated rings. The average Bonchev–Trinajstić information content (AvgIpc) is 2.38.